The summed E-state index contributed by atoms with van der Waals surface area (Å²) in [6, 6.07) is 24.9. The molecule has 1 aliphatic carbocycles. The number of hydrogen-bond acceptors (Lipinski definition) is 0. The van der Waals surface area contributed by atoms with Crippen molar-refractivity contribution in [2.45, 2.75) is 19.8 Å². The molecule has 0 saturated carbocycles. The fraction of sp³-hybridized carbons (Fsp3) is 0.130. The molecule has 0 heteroatoms. The van der Waals surface area contributed by atoms with Crippen molar-refractivity contribution in [3.8, 4) is 11.1 Å². The van der Waals surface area contributed by atoms with Crippen LogP contribution in [0, 0.1) is 6.92 Å². The molecule has 0 spiro atoms. The highest BCUT2D eigenvalue weighted by Crippen LogP contribution is 2.38. The number of fused-ring (bicyclic) bond motifs is 6. The Balaban J connectivity index is 1.85. The van der Waals surface area contributed by atoms with Gasteiger partial charge in [0.05, 0.1) is 0 Å². The second-order valence-electron chi connectivity index (χ2n) is 6.67. The van der Waals surface area contributed by atoms with Crippen LogP contribution in [0.2, 0.25) is 0 Å². The van der Waals surface area contributed by atoms with Gasteiger partial charge in [-0.05, 0) is 75.7 Å². The molecule has 4 aromatic rings. The lowest BCUT2D eigenvalue weighted by atomic mass is 9.82. The molecule has 1 aliphatic rings. The molecule has 0 nitrogen and oxygen atoms in total. The van der Waals surface area contributed by atoms with Crippen LogP contribution in [0.3, 0.4) is 0 Å². The van der Waals surface area contributed by atoms with Crippen LogP contribution < -0.4 is 0 Å². The Morgan fingerprint density at radius 2 is 1.43 bits per heavy atom. The van der Waals surface area contributed by atoms with Gasteiger partial charge >= 0.3 is 0 Å². The molecule has 0 amide bonds. The molecule has 0 bridgehead atoms. The predicted octanol–water partition coefficient (Wildman–Crippen LogP) is 6.07. The van der Waals surface area contributed by atoms with Crippen LogP contribution in [0.1, 0.15) is 16.7 Å². The van der Waals surface area contributed by atoms with Gasteiger partial charge in [-0.15, -0.1) is 0 Å². The maximum absolute atomic E-state index is 2.38. The third kappa shape index (κ3) is 1.91. The molecule has 4 aromatic carbocycles. The quantitative estimate of drug-likeness (QED) is 0.345. The molecule has 0 saturated heterocycles. The first kappa shape index (κ1) is 12.9. The zero-order chi connectivity index (χ0) is 15.4. The van der Waals surface area contributed by atoms with Gasteiger partial charge in [0.15, 0.2) is 0 Å². The van der Waals surface area contributed by atoms with Crippen LogP contribution in [0.25, 0.3) is 32.7 Å². The highest BCUT2D eigenvalue weighted by Gasteiger charge is 2.18. The summed E-state index contributed by atoms with van der Waals surface area (Å²) in [6.07, 6.45) is 2.29. The zero-order valence-electron chi connectivity index (χ0n) is 13.3. The van der Waals surface area contributed by atoms with E-state index in [-0.39, 0.29) is 0 Å². The summed E-state index contributed by atoms with van der Waals surface area (Å²) in [5, 5.41) is 5.44. The highest BCUT2D eigenvalue weighted by molar-refractivity contribution is 6.02. The zero-order valence-corrected chi connectivity index (χ0v) is 13.3. The highest BCUT2D eigenvalue weighted by atomic mass is 14.2. The minimum atomic E-state index is 1.14. The number of hydrogen-bond donors (Lipinski definition) is 0. The smallest absolute Gasteiger partial charge is 0.0139 e. The Kier molecular flexibility index (Phi) is 2.63. The molecule has 23 heavy (non-hydrogen) atoms. The predicted molar refractivity (Wildman–Crippen MR) is 99.0 cm³/mol. The third-order valence-electron chi connectivity index (χ3n) is 5.19. The van der Waals surface area contributed by atoms with E-state index in [1.807, 2.05) is 0 Å². The number of aryl methyl sites for hydroxylation is 3. The first-order valence-corrected chi connectivity index (χ1v) is 8.34. The maximum atomic E-state index is 2.38. The number of benzene rings is 4. The van der Waals surface area contributed by atoms with Crippen molar-refractivity contribution >= 4 is 21.5 Å². The van der Waals surface area contributed by atoms with Crippen LogP contribution in [0.5, 0.6) is 0 Å². The van der Waals surface area contributed by atoms with E-state index in [0.717, 1.165) is 12.8 Å². The van der Waals surface area contributed by atoms with Crippen LogP contribution in [0.15, 0.2) is 66.7 Å². The van der Waals surface area contributed by atoms with E-state index in [2.05, 4.69) is 73.7 Å². The molecule has 0 unspecified atom stereocenters. The average molecular weight is 294 g/mol. The molecule has 0 radical (unpaired) electrons. The molecule has 0 atom stereocenters. The first-order valence-electron chi connectivity index (χ1n) is 8.34. The lowest BCUT2D eigenvalue weighted by molar-refractivity contribution is 0.949. The summed E-state index contributed by atoms with van der Waals surface area (Å²) in [4.78, 5) is 0. The fourth-order valence-corrected chi connectivity index (χ4v) is 4.05. The average Bonchev–Trinajstić information content (AvgIpc) is 2.59. The first-order chi connectivity index (χ1) is 11.3. The van der Waals surface area contributed by atoms with E-state index >= 15 is 0 Å². The van der Waals surface area contributed by atoms with E-state index in [9.17, 15) is 0 Å². The fourth-order valence-electron chi connectivity index (χ4n) is 4.05. The topological polar surface area (TPSA) is 0 Å². The van der Waals surface area contributed by atoms with Crippen molar-refractivity contribution in [3.05, 3.63) is 83.4 Å². The van der Waals surface area contributed by atoms with E-state index in [0.29, 0.717) is 0 Å². The number of rotatable bonds is 0. The molecule has 0 fully saturated rings. The normalized spacial score (nSPS) is 13.1. The second kappa shape index (κ2) is 4.70. The van der Waals surface area contributed by atoms with Gasteiger partial charge < -0.3 is 0 Å². The van der Waals surface area contributed by atoms with Crippen LogP contribution >= 0.6 is 0 Å². The minimum Gasteiger partial charge on any atom is -0.0616 e. The van der Waals surface area contributed by atoms with E-state index < -0.39 is 0 Å². The van der Waals surface area contributed by atoms with Crippen molar-refractivity contribution in [1.82, 2.24) is 0 Å². The van der Waals surface area contributed by atoms with Crippen LogP contribution in [-0.4, -0.2) is 0 Å². The Labute approximate surface area is 136 Å². The summed E-state index contributed by atoms with van der Waals surface area (Å²) < 4.78 is 0. The summed E-state index contributed by atoms with van der Waals surface area (Å²) in [6.45, 7) is 2.18. The van der Waals surface area contributed by atoms with Crippen molar-refractivity contribution in [3.63, 3.8) is 0 Å². The molecule has 0 N–H and O–H groups in total. The largest absolute Gasteiger partial charge is 0.0616 e. The lowest BCUT2D eigenvalue weighted by Gasteiger charge is -2.22. The molecule has 0 aromatic heterocycles. The third-order valence-corrected chi connectivity index (χ3v) is 5.19. The van der Waals surface area contributed by atoms with Gasteiger partial charge in [-0.2, -0.15) is 0 Å². The molecule has 0 aliphatic heterocycles. The SMILES string of the molecule is Cc1ccc2c(c1)CCc1c-2ccc2cc3ccccc3cc12. The summed E-state index contributed by atoms with van der Waals surface area (Å²) >= 11 is 0. The van der Waals surface area contributed by atoms with Gasteiger partial charge in [-0.3, -0.25) is 0 Å². The Hall–Kier alpha value is -2.60. The Morgan fingerprint density at radius 3 is 2.30 bits per heavy atom. The summed E-state index contributed by atoms with van der Waals surface area (Å²) in [7, 11) is 0. The maximum Gasteiger partial charge on any atom is -0.0139 e. The van der Waals surface area contributed by atoms with E-state index in [1.165, 1.54) is 49.4 Å². The monoisotopic (exact) mass is 294 g/mol. The van der Waals surface area contributed by atoms with Gasteiger partial charge in [0, 0.05) is 0 Å². The van der Waals surface area contributed by atoms with Crippen molar-refractivity contribution in [2.24, 2.45) is 0 Å². The van der Waals surface area contributed by atoms with Gasteiger partial charge in [0.2, 0.25) is 0 Å². The van der Waals surface area contributed by atoms with E-state index in [1.54, 1.807) is 0 Å². The molecule has 0 heterocycles. The minimum absolute atomic E-state index is 1.14. The van der Waals surface area contributed by atoms with Crippen molar-refractivity contribution in [2.75, 3.05) is 0 Å². The van der Waals surface area contributed by atoms with Gasteiger partial charge in [-0.1, -0.05) is 60.2 Å². The van der Waals surface area contributed by atoms with Crippen LogP contribution in [0.4, 0.5) is 0 Å². The van der Waals surface area contributed by atoms with E-state index in [4.69, 9.17) is 0 Å². The van der Waals surface area contributed by atoms with Crippen LogP contribution in [-0.2, 0) is 12.8 Å². The summed E-state index contributed by atoms with van der Waals surface area (Å²) in [5.41, 5.74) is 7.22. The summed E-state index contributed by atoms with van der Waals surface area (Å²) in [5.74, 6) is 0. The van der Waals surface area contributed by atoms with Gasteiger partial charge in [0.25, 0.3) is 0 Å². The Morgan fingerprint density at radius 1 is 0.652 bits per heavy atom. The molecular weight excluding hydrogens is 276 g/mol. The standard InChI is InChI=1S/C23H18/c1-15-6-9-20-18(12-15)7-11-22-21(20)10-8-19-13-16-4-2-3-5-17(16)14-23(19)22/h2-6,8-10,12-14H,7,11H2,1H3. The molecule has 110 valence electrons. The molecular formula is C23H18. The second-order valence-corrected chi connectivity index (χ2v) is 6.67. The van der Waals surface area contributed by atoms with Gasteiger partial charge in [0.1, 0.15) is 0 Å². The Bertz CT molecular complexity index is 1070. The van der Waals surface area contributed by atoms with Crippen molar-refractivity contribution < 1.29 is 0 Å². The van der Waals surface area contributed by atoms with Gasteiger partial charge in [-0.25, -0.2) is 0 Å². The molecule has 5 rings (SSSR count). The van der Waals surface area contributed by atoms with Crippen molar-refractivity contribution in [1.29, 1.82) is 0 Å². The lowest BCUT2D eigenvalue weighted by Crippen LogP contribution is -2.05.